The van der Waals surface area contributed by atoms with Gasteiger partial charge in [0, 0.05) is 11.1 Å². The van der Waals surface area contributed by atoms with Gasteiger partial charge in [0.05, 0.1) is 17.1 Å². The number of amides is 1. The Kier molecular flexibility index (Phi) is 6.22. The molecule has 1 N–H and O–H groups in total. The summed E-state index contributed by atoms with van der Waals surface area (Å²) in [5.41, 5.74) is 3.50. The molecule has 0 aliphatic carbocycles. The van der Waals surface area contributed by atoms with Gasteiger partial charge in [0.25, 0.3) is 5.91 Å². The molecule has 3 rings (SSSR count). The molecule has 0 spiro atoms. The standard InChI is InChI=1S/C23H23FN2O3/c1-4-19-14(2)22(18-7-5-6-8-20(18)26-19)23(28)29-13-21(27)25-15(3)16-9-11-17(24)12-10-16/h5-12,15H,4,13H2,1-3H3,(H,25,27). The van der Waals surface area contributed by atoms with Crippen LogP contribution in [-0.4, -0.2) is 23.5 Å². The summed E-state index contributed by atoms with van der Waals surface area (Å²) >= 11 is 0. The zero-order valence-electron chi connectivity index (χ0n) is 16.7. The normalized spacial score (nSPS) is 11.9. The van der Waals surface area contributed by atoms with Gasteiger partial charge in [0.15, 0.2) is 6.61 Å². The van der Waals surface area contributed by atoms with Gasteiger partial charge in [0.2, 0.25) is 0 Å². The van der Waals surface area contributed by atoms with Crippen molar-refractivity contribution in [3.63, 3.8) is 0 Å². The fourth-order valence-electron chi connectivity index (χ4n) is 3.29. The minimum absolute atomic E-state index is 0.336. The van der Waals surface area contributed by atoms with Crippen molar-refractivity contribution in [1.29, 1.82) is 0 Å². The molecule has 0 aliphatic heterocycles. The zero-order valence-corrected chi connectivity index (χ0v) is 16.7. The third kappa shape index (κ3) is 4.59. The van der Waals surface area contributed by atoms with Crippen LogP contribution in [0.2, 0.25) is 0 Å². The minimum Gasteiger partial charge on any atom is -0.452 e. The SMILES string of the molecule is CCc1nc2ccccc2c(C(=O)OCC(=O)NC(C)c2ccc(F)cc2)c1C. The van der Waals surface area contributed by atoms with Crippen LogP contribution < -0.4 is 5.32 Å². The van der Waals surface area contributed by atoms with Crippen LogP contribution in [0.1, 0.15) is 47.1 Å². The van der Waals surface area contributed by atoms with Crippen LogP contribution in [0.25, 0.3) is 10.9 Å². The number of carbonyl (C=O) groups is 2. The number of ether oxygens (including phenoxy) is 1. The zero-order chi connectivity index (χ0) is 21.0. The molecule has 0 radical (unpaired) electrons. The van der Waals surface area contributed by atoms with Crippen LogP contribution in [0.4, 0.5) is 4.39 Å². The highest BCUT2D eigenvalue weighted by Gasteiger charge is 2.20. The smallest absolute Gasteiger partial charge is 0.339 e. The fourth-order valence-corrected chi connectivity index (χ4v) is 3.29. The van der Waals surface area contributed by atoms with Crippen molar-refractivity contribution >= 4 is 22.8 Å². The summed E-state index contributed by atoms with van der Waals surface area (Å²) in [4.78, 5) is 29.6. The Bertz CT molecular complexity index is 1050. The first-order valence-electron chi connectivity index (χ1n) is 9.50. The van der Waals surface area contributed by atoms with Crippen molar-refractivity contribution < 1.29 is 18.7 Å². The highest BCUT2D eigenvalue weighted by molar-refractivity contribution is 6.05. The predicted octanol–water partition coefficient (Wildman–Crippen LogP) is 4.28. The lowest BCUT2D eigenvalue weighted by Gasteiger charge is -2.16. The first-order chi connectivity index (χ1) is 13.9. The molecule has 0 bridgehead atoms. The number of carbonyl (C=O) groups excluding carboxylic acids is 2. The molecule has 3 aromatic rings. The quantitative estimate of drug-likeness (QED) is 0.634. The van der Waals surface area contributed by atoms with Gasteiger partial charge in [-0.1, -0.05) is 37.3 Å². The summed E-state index contributed by atoms with van der Waals surface area (Å²) in [6, 6.07) is 12.9. The molecule has 0 saturated heterocycles. The number of hydrogen-bond acceptors (Lipinski definition) is 4. The molecule has 1 heterocycles. The third-order valence-electron chi connectivity index (χ3n) is 4.86. The summed E-state index contributed by atoms with van der Waals surface area (Å²) in [6.45, 7) is 5.19. The first-order valence-corrected chi connectivity index (χ1v) is 9.50. The van der Waals surface area contributed by atoms with Crippen LogP contribution >= 0.6 is 0 Å². The average Bonchev–Trinajstić information content (AvgIpc) is 2.72. The lowest BCUT2D eigenvalue weighted by Crippen LogP contribution is -2.31. The van der Waals surface area contributed by atoms with E-state index in [0.29, 0.717) is 17.4 Å². The molecule has 2 aromatic carbocycles. The number of esters is 1. The minimum atomic E-state index is -0.555. The monoisotopic (exact) mass is 394 g/mol. The number of pyridine rings is 1. The molecule has 1 aromatic heterocycles. The first kappa shape index (κ1) is 20.5. The number of halogens is 1. The fraction of sp³-hybridized carbons (Fsp3) is 0.261. The molecule has 150 valence electrons. The van der Waals surface area contributed by atoms with Gasteiger partial charge in [-0.3, -0.25) is 9.78 Å². The highest BCUT2D eigenvalue weighted by atomic mass is 19.1. The molecule has 0 saturated carbocycles. The molecule has 1 atom stereocenters. The summed E-state index contributed by atoms with van der Waals surface area (Å²) < 4.78 is 18.3. The van der Waals surface area contributed by atoms with Crippen molar-refractivity contribution in [2.45, 2.75) is 33.2 Å². The average molecular weight is 394 g/mol. The van der Waals surface area contributed by atoms with E-state index in [0.717, 1.165) is 22.3 Å². The molecular weight excluding hydrogens is 371 g/mol. The summed E-state index contributed by atoms with van der Waals surface area (Å²) in [7, 11) is 0. The number of aromatic nitrogens is 1. The molecular formula is C23H23FN2O3. The lowest BCUT2D eigenvalue weighted by atomic mass is 10.0. The Morgan fingerprint density at radius 1 is 1.14 bits per heavy atom. The van der Waals surface area contributed by atoms with E-state index >= 15 is 0 Å². The van der Waals surface area contributed by atoms with E-state index < -0.39 is 18.5 Å². The summed E-state index contributed by atoms with van der Waals surface area (Å²) in [5, 5.41) is 3.45. The number of rotatable bonds is 6. The van der Waals surface area contributed by atoms with Crippen molar-refractivity contribution in [3.05, 3.63) is 76.7 Å². The second-order valence-corrected chi connectivity index (χ2v) is 6.85. The second kappa shape index (κ2) is 8.82. The second-order valence-electron chi connectivity index (χ2n) is 6.85. The number of nitrogens with zero attached hydrogens (tertiary/aromatic N) is 1. The molecule has 6 heteroatoms. The Morgan fingerprint density at radius 2 is 1.83 bits per heavy atom. The van der Waals surface area contributed by atoms with Gasteiger partial charge in [0.1, 0.15) is 5.82 Å². The third-order valence-corrected chi connectivity index (χ3v) is 4.86. The molecule has 1 unspecified atom stereocenters. The molecule has 29 heavy (non-hydrogen) atoms. The van der Waals surface area contributed by atoms with E-state index in [2.05, 4.69) is 10.3 Å². The van der Waals surface area contributed by atoms with Gasteiger partial charge in [-0.15, -0.1) is 0 Å². The maximum absolute atomic E-state index is 13.0. The van der Waals surface area contributed by atoms with Gasteiger partial charge in [-0.25, -0.2) is 9.18 Å². The molecule has 1 amide bonds. The maximum atomic E-state index is 13.0. The van der Waals surface area contributed by atoms with Crippen LogP contribution in [0.15, 0.2) is 48.5 Å². The maximum Gasteiger partial charge on any atom is 0.339 e. The number of nitrogens with one attached hydrogen (secondary N) is 1. The number of benzene rings is 2. The van der Waals surface area contributed by atoms with E-state index in [1.165, 1.54) is 12.1 Å². The van der Waals surface area contributed by atoms with Gasteiger partial charge in [-0.2, -0.15) is 0 Å². The van der Waals surface area contributed by atoms with Crippen LogP contribution in [0, 0.1) is 12.7 Å². The number of para-hydroxylation sites is 1. The Morgan fingerprint density at radius 3 is 2.52 bits per heavy atom. The Hall–Kier alpha value is -3.28. The summed E-state index contributed by atoms with van der Waals surface area (Å²) in [6.07, 6.45) is 0.687. The van der Waals surface area contributed by atoms with Crippen molar-refractivity contribution in [1.82, 2.24) is 10.3 Å². The topological polar surface area (TPSA) is 68.3 Å². The Labute approximate surface area is 168 Å². The lowest BCUT2D eigenvalue weighted by molar-refractivity contribution is -0.124. The summed E-state index contributed by atoms with van der Waals surface area (Å²) in [5.74, 6) is -1.32. The van der Waals surface area contributed by atoms with E-state index in [1.807, 2.05) is 38.1 Å². The van der Waals surface area contributed by atoms with E-state index in [1.54, 1.807) is 19.1 Å². The number of aryl methyl sites for hydroxylation is 1. The predicted molar refractivity (Wildman–Crippen MR) is 109 cm³/mol. The van der Waals surface area contributed by atoms with Crippen LogP contribution in [-0.2, 0) is 16.0 Å². The van der Waals surface area contributed by atoms with E-state index in [4.69, 9.17) is 4.74 Å². The van der Waals surface area contributed by atoms with E-state index in [9.17, 15) is 14.0 Å². The highest BCUT2D eigenvalue weighted by Crippen LogP contribution is 2.24. The van der Waals surface area contributed by atoms with Gasteiger partial charge in [-0.05, 0) is 49.6 Å². The number of hydrogen-bond donors (Lipinski definition) is 1. The van der Waals surface area contributed by atoms with Gasteiger partial charge >= 0.3 is 5.97 Å². The molecule has 5 nitrogen and oxygen atoms in total. The largest absolute Gasteiger partial charge is 0.452 e. The van der Waals surface area contributed by atoms with Crippen molar-refractivity contribution in [3.8, 4) is 0 Å². The van der Waals surface area contributed by atoms with E-state index in [-0.39, 0.29) is 11.9 Å². The van der Waals surface area contributed by atoms with Crippen LogP contribution in [0.3, 0.4) is 0 Å². The van der Waals surface area contributed by atoms with Crippen molar-refractivity contribution in [2.75, 3.05) is 6.61 Å². The van der Waals surface area contributed by atoms with Gasteiger partial charge < -0.3 is 10.1 Å². The Balaban J connectivity index is 1.71. The molecule has 0 aliphatic rings. The van der Waals surface area contributed by atoms with Crippen LogP contribution in [0.5, 0.6) is 0 Å². The molecule has 0 fully saturated rings. The van der Waals surface area contributed by atoms with Crippen molar-refractivity contribution in [2.24, 2.45) is 0 Å². The number of fused-ring (bicyclic) bond motifs is 1.